The van der Waals surface area contributed by atoms with Gasteiger partial charge in [0.05, 0.1) is 13.2 Å². The fraction of sp³-hybridized carbons (Fsp3) is 0.533. The predicted molar refractivity (Wildman–Crippen MR) is 80.7 cm³/mol. The summed E-state index contributed by atoms with van der Waals surface area (Å²) >= 11 is 0. The SMILES string of the molecule is CCOP(=O)(CC(=O)c1c(C)cc(C)cc1C)OCC. The molecule has 0 spiro atoms. The molecule has 5 heteroatoms. The number of aryl methyl sites for hydroxylation is 3. The maximum Gasteiger partial charge on any atom is 0.338 e. The highest BCUT2D eigenvalue weighted by Gasteiger charge is 2.29. The van der Waals surface area contributed by atoms with Gasteiger partial charge in [-0.1, -0.05) is 17.7 Å². The van der Waals surface area contributed by atoms with Gasteiger partial charge in [-0.3, -0.25) is 9.36 Å². The number of benzene rings is 1. The molecule has 0 saturated carbocycles. The minimum absolute atomic E-state index is 0.190. The monoisotopic (exact) mass is 298 g/mol. The van der Waals surface area contributed by atoms with E-state index in [1.807, 2.05) is 32.9 Å². The molecule has 0 aliphatic heterocycles. The topological polar surface area (TPSA) is 52.6 Å². The van der Waals surface area contributed by atoms with Gasteiger partial charge in [0.2, 0.25) is 0 Å². The second kappa shape index (κ2) is 7.16. The van der Waals surface area contributed by atoms with Gasteiger partial charge in [-0.25, -0.2) is 0 Å². The van der Waals surface area contributed by atoms with Gasteiger partial charge in [-0.2, -0.15) is 0 Å². The Bertz CT molecular complexity index is 504. The lowest BCUT2D eigenvalue weighted by molar-refractivity contribution is 0.100. The van der Waals surface area contributed by atoms with Gasteiger partial charge in [-0.05, 0) is 45.7 Å². The van der Waals surface area contributed by atoms with E-state index in [2.05, 4.69) is 0 Å². The van der Waals surface area contributed by atoms with Crippen molar-refractivity contribution in [3.63, 3.8) is 0 Å². The minimum atomic E-state index is -3.34. The van der Waals surface area contributed by atoms with Crippen LogP contribution in [-0.2, 0) is 13.6 Å². The number of ketones is 1. The second-order valence-electron chi connectivity index (χ2n) is 4.80. The number of carbonyl (C=O) groups is 1. The molecule has 0 atom stereocenters. The normalized spacial score (nSPS) is 11.7. The van der Waals surface area contributed by atoms with Crippen LogP contribution < -0.4 is 0 Å². The van der Waals surface area contributed by atoms with Crippen molar-refractivity contribution in [1.82, 2.24) is 0 Å². The molecule has 0 fully saturated rings. The van der Waals surface area contributed by atoms with Gasteiger partial charge in [0.15, 0.2) is 5.78 Å². The van der Waals surface area contributed by atoms with Crippen molar-refractivity contribution in [1.29, 1.82) is 0 Å². The van der Waals surface area contributed by atoms with E-state index < -0.39 is 7.60 Å². The molecule has 0 aromatic heterocycles. The van der Waals surface area contributed by atoms with Crippen molar-refractivity contribution in [2.45, 2.75) is 34.6 Å². The number of carbonyl (C=O) groups excluding carboxylic acids is 1. The van der Waals surface area contributed by atoms with Crippen molar-refractivity contribution < 1.29 is 18.4 Å². The number of hydrogen-bond acceptors (Lipinski definition) is 4. The fourth-order valence-corrected chi connectivity index (χ4v) is 3.95. The zero-order valence-electron chi connectivity index (χ0n) is 12.9. The van der Waals surface area contributed by atoms with Crippen LogP contribution in [0.25, 0.3) is 0 Å². The zero-order valence-corrected chi connectivity index (χ0v) is 13.8. The van der Waals surface area contributed by atoms with Crippen LogP contribution in [0.5, 0.6) is 0 Å². The molecule has 0 N–H and O–H groups in total. The quantitative estimate of drug-likeness (QED) is 0.562. The summed E-state index contributed by atoms with van der Waals surface area (Å²) in [5, 5.41) is 0. The molecule has 0 aliphatic carbocycles. The van der Waals surface area contributed by atoms with Crippen LogP contribution in [0.3, 0.4) is 0 Å². The molecule has 112 valence electrons. The van der Waals surface area contributed by atoms with Crippen molar-refractivity contribution in [3.05, 3.63) is 34.4 Å². The maximum atomic E-state index is 12.4. The molecular formula is C15H23O4P. The number of Topliss-reactive ketones (excluding diaryl/α,β-unsaturated/α-hetero) is 1. The summed E-state index contributed by atoms with van der Waals surface area (Å²) in [5.74, 6) is -0.190. The fourth-order valence-electron chi connectivity index (χ4n) is 2.40. The highest BCUT2D eigenvalue weighted by Crippen LogP contribution is 2.48. The molecule has 0 radical (unpaired) electrons. The molecule has 1 aromatic carbocycles. The van der Waals surface area contributed by atoms with E-state index in [0.717, 1.165) is 16.7 Å². The molecule has 20 heavy (non-hydrogen) atoms. The molecule has 1 aromatic rings. The van der Waals surface area contributed by atoms with Crippen LogP contribution >= 0.6 is 7.60 Å². The molecule has 0 saturated heterocycles. The van der Waals surface area contributed by atoms with Crippen LogP contribution in [0, 0.1) is 20.8 Å². The van der Waals surface area contributed by atoms with E-state index >= 15 is 0 Å². The third-order valence-electron chi connectivity index (χ3n) is 2.94. The molecule has 1 rings (SSSR count). The van der Waals surface area contributed by atoms with Crippen LogP contribution in [0.4, 0.5) is 0 Å². The van der Waals surface area contributed by atoms with Gasteiger partial charge in [0.1, 0.15) is 6.16 Å². The van der Waals surface area contributed by atoms with Crippen LogP contribution in [0.15, 0.2) is 12.1 Å². The number of hydrogen-bond donors (Lipinski definition) is 0. The molecule has 0 amide bonds. The Kier molecular flexibility index (Phi) is 6.12. The third kappa shape index (κ3) is 4.27. The smallest absolute Gasteiger partial charge is 0.309 e. The molecule has 0 bridgehead atoms. The Hall–Kier alpha value is -0.960. The molecule has 0 heterocycles. The van der Waals surface area contributed by atoms with Crippen molar-refractivity contribution >= 4 is 13.4 Å². The lowest BCUT2D eigenvalue weighted by Crippen LogP contribution is -2.13. The van der Waals surface area contributed by atoms with Gasteiger partial charge in [0, 0.05) is 5.56 Å². The lowest BCUT2D eigenvalue weighted by atomic mass is 9.97. The van der Waals surface area contributed by atoms with Crippen LogP contribution in [0.1, 0.15) is 40.9 Å². The van der Waals surface area contributed by atoms with Crippen LogP contribution in [-0.4, -0.2) is 25.2 Å². The Morgan fingerprint density at radius 2 is 1.50 bits per heavy atom. The Morgan fingerprint density at radius 1 is 1.05 bits per heavy atom. The van der Waals surface area contributed by atoms with E-state index in [1.165, 1.54) is 0 Å². The number of rotatable bonds is 7. The first kappa shape index (κ1) is 17.1. The van der Waals surface area contributed by atoms with Crippen molar-refractivity contribution in [2.24, 2.45) is 0 Å². The van der Waals surface area contributed by atoms with Gasteiger partial charge < -0.3 is 9.05 Å². The zero-order chi connectivity index (χ0) is 15.3. The Morgan fingerprint density at radius 3 is 1.90 bits per heavy atom. The Labute approximate surface area is 121 Å². The summed E-state index contributed by atoms with van der Waals surface area (Å²) in [5.41, 5.74) is 3.52. The minimum Gasteiger partial charge on any atom is -0.309 e. The second-order valence-corrected chi connectivity index (χ2v) is 6.86. The summed E-state index contributed by atoms with van der Waals surface area (Å²) in [7, 11) is -3.34. The molecule has 0 aliphatic rings. The summed E-state index contributed by atoms with van der Waals surface area (Å²) in [6, 6.07) is 3.90. The first-order valence-electron chi connectivity index (χ1n) is 6.82. The molecular weight excluding hydrogens is 275 g/mol. The van der Waals surface area contributed by atoms with E-state index in [-0.39, 0.29) is 25.2 Å². The molecule has 4 nitrogen and oxygen atoms in total. The molecule has 0 unspecified atom stereocenters. The first-order valence-corrected chi connectivity index (χ1v) is 8.55. The van der Waals surface area contributed by atoms with Gasteiger partial charge in [0.25, 0.3) is 0 Å². The van der Waals surface area contributed by atoms with Crippen molar-refractivity contribution in [2.75, 3.05) is 19.4 Å². The summed E-state index contributed by atoms with van der Waals surface area (Å²) < 4.78 is 22.8. The van der Waals surface area contributed by atoms with E-state index in [1.54, 1.807) is 13.8 Å². The standard InChI is InChI=1S/C15H23O4P/c1-6-18-20(17,19-7-2)10-14(16)15-12(4)8-11(3)9-13(15)5/h8-9H,6-7,10H2,1-5H3. The summed E-state index contributed by atoms with van der Waals surface area (Å²) in [4.78, 5) is 12.4. The average molecular weight is 298 g/mol. The first-order chi connectivity index (χ1) is 9.33. The van der Waals surface area contributed by atoms with E-state index in [9.17, 15) is 9.36 Å². The maximum absolute atomic E-state index is 12.4. The van der Waals surface area contributed by atoms with Gasteiger partial charge in [-0.15, -0.1) is 0 Å². The predicted octanol–water partition coefficient (Wildman–Crippen LogP) is 4.06. The average Bonchev–Trinajstić information content (AvgIpc) is 2.27. The van der Waals surface area contributed by atoms with Gasteiger partial charge >= 0.3 is 7.60 Å². The highest BCUT2D eigenvalue weighted by atomic mass is 31.2. The Balaban J connectivity index is 3.04. The highest BCUT2D eigenvalue weighted by molar-refractivity contribution is 7.54. The van der Waals surface area contributed by atoms with Crippen LogP contribution in [0.2, 0.25) is 0 Å². The lowest BCUT2D eigenvalue weighted by Gasteiger charge is -2.17. The van der Waals surface area contributed by atoms with Crippen molar-refractivity contribution in [3.8, 4) is 0 Å². The summed E-state index contributed by atoms with van der Waals surface area (Å²) in [6.07, 6.45) is -0.209. The van der Waals surface area contributed by atoms with E-state index in [4.69, 9.17) is 9.05 Å². The summed E-state index contributed by atoms with van der Waals surface area (Å²) in [6.45, 7) is 9.75. The third-order valence-corrected chi connectivity index (χ3v) is 4.92. The van der Waals surface area contributed by atoms with E-state index in [0.29, 0.717) is 5.56 Å². The largest absolute Gasteiger partial charge is 0.338 e.